The number of ether oxygens (including phenoxy) is 2. The lowest BCUT2D eigenvalue weighted by Crippen LogP contribution is -2.39. The average Bonchev–Trinajstić information content (AvgIpc) is 2.66. The van der Waals surface area contributed by atoms with Crippen molar-refractivity contribution in [3.63, 3.8) is 0 Å². The largest absolute Gasteiger partial charge is 0.493 e. The predicted molar refractivity (Wildman–Crippen MR) is 108 cm³/mol. The SMILES string of the molecule is COc1ccc(CNC(=O)CN(Cc2ccc(Cl)cc2)S(C)(=O)=O)cc1OC. The Bertz CT molecular complexity index is 916. The van der Waals surface area contributed by atoms with Gasteiger partial charge in [-0.05, 0) is 35.4 Å². The van der Waals surface area contributed by atoms with E-state index in [4.69, 9.17) is 21.1 Å². The first-order valence-electron chi connectivity index (χ1n) is 8.40. The van der Waals surface area contributed by atoms with Gasteiger partial charge in [0, 0.05) is 18.1 Å². The van der Waals surface area contributed by atoms with E-state index in [1.165, 1.54) is 7.11 Å². The molecule has 0 aliphatic carbocycles. The zero-order valence-electron chi connectivity index (χ0n) is 15.9. The van der Waals surface area contributed by atoms with Crippen molar-refractivity contribution in [3.8, 4) is 11.5 Å². The molecule has 7 nitrogen and oxygen atoms in total. The van der Waals surface area contributed by atoms with Gasteiger partial charge in [0.2, 0.25) is 15.9 Å². The smallest absolute Gasteiger partial charge is 0.235 e. The van der Waals surface area contributed by atoms with Crippen LogP contribution in [0.2, 0.25) is 5.02 Å². The molecule has 9 heteroatoms. The quantitative estimate of drug-likeness (QED) is 0.665. The molecule has 0 heterocycles. The van der Waals surface area contributed by atoms with Crippen molar-refractivity contribution in [1.29, 1.82) is 0 Å². The van der Waals surface area contributed by atoms with Gasteiger partial charge in [0.05, 0.1) is 27.0 Å². The van der Waals surface area contributed by atoms with E-state index in [1.807, 2.05) is 0 Å². The van der Waals surface area contributed by atoms with Crippen LogP contribution in [0.25, 0.3) is 0 Å². The molecule has 0 bridgehead atoms. The van der Waals surface area contributed by atoms with E-state index < -0.39 is 15.9 Å². The van der Waals surface area contributed by atoms with Gasteiger partial charge in [-0.3, -0.25) is 4.79 Å². The van der Waals surface area contributed by atoms with Crippen molar-refractivity contribution < 1.29 is 22.7 Å². The van der Waals surface area contributed by atoms with E-state index in [2.05, 4.69) is 5.32 Å². The first kappa shape index (κ1) is 22.0. The van der Waals surface area contributed by atoms with Crippen LogP contribution in [0.5, 0.6) is 11.5 Å². The van der Waals surface area contributed by atoms with Crippen LogP contribution in [-0.4, -0.2) is 45.7 Å². The highest BCUT2D eigenvalue weighted by atomic mass is 35.5. The third kappa shape index (κ3) is 6.40. The summed E-state index contributed by atoms with van der Waals surface area (Å²) in [4.78, 5) is 12.3. The lowest BCUT2D eigenvalue weighted by atomic mass is 10.2. The molecule has 1 N–H and O–H groups in total. The third-order valence-corrected chi connectivity index (χ3v) is 5.45. The second kappa shape index (κ2) is 9.77. The lowest BCUT2D eigenvalue weighted by Gasteiger charge is -2.20. The van der Waals surface area contributed by atoms with Crippen molar-refractivity contribution in [3.05, 3.63) is 58.6 Å². The van der Waals surface area contributed by atoms with Gasteiger partial charge in [0.1, 0.15) is 0 Å². The first-order chi connectivity index (χ1) is 13.2. The highest BCUT2D eigenvalue weighted by Gasteiger charge is 2.20. The second-order valence-electron chi connectivity index (χ2n) is 6.12. The standard InChI is InChI=1S/C19H23ClN2O5S/c1-26-17-9-6-15(10-18(17)27-2)11-21-19(23)13-22(28(3,24)25)12-14-4-7-16(20)8-5-14/h4-10H,11-13H2,1-3H3,(H,21,23). The fraction of sp³-hybridized carbons (Fsp3) is 0.316. The highest BCUT2D eigenvalue weighted by Crippen LogP contribution is 2.27. The van der Waals surface area contributed by atoms with E-state index in [-0.39, 0.29) is 19.6 Å². The zero-order chi connectivity index (χ0) is 20.7. The molecule has 0 aliphatic heterocycles. The van der Waals surface area contributed by atoms with E-state index in [1.54, 1.807) is 49.6 Å². The molecule has 0 saturated carbocycles. The minimum Gasteiger partial charge on any atom is -0.493 e. The van der Waals surface area contributed by atoms with Crippen molar-refractivity contribution in [2.45, 2.75) is 13.1 Å². The molecular formula is C19H23ClN2O5S. The summed E-state index contributed by atoms with van der Waals surface area (Å²) < 4.78 is 35.6. The Morgan fingerprint density at radius 1 is 1.04 bits per heavy atom. The van der Waals surface area contributed by atoms with Gasteiger partial charge >= 0.3 is 0 Å². The van der Waals surface area contributed by atoms with Gasteiger partial charge in [0.25, 0.3) is 0 Å². The van der Waals surface area contributed by atoms with Crippen LogP contribution in [0.1, 0.15) is 11.1 Å². The zero-order valence-corrected chi connectivity index (χ0v) is 17.5. The second-order valence-corrected chi connectivity index (χ2v) is 8.54. The molecule has 0 aliphatic rings. The summed E-state index contributed by atoms with van der Waals surface area (Å²) in [6.45, 7) is 0.0340. The number of amides is 1. The van der Waals surface area contributed by atoms with Crippen molar-refractivity contribution in [2.75, 3.05) is 27.0 Å². The monoisotopic (exact) mass is 426 g/mol. The fourth-order valence-corrected chi connectivity index (χ4v) is 3.35. The molecule has 0 saturated heterocycles. The molecule has 2 rings (SSSR count). The van der Waals surface area contributed by atoms with Crippen LogP contribution in [0.3, 0.4) is 0 Å². The van der Waals surface area contributed by atoms with Crippen molar-refractivity contribution >= 4 is 27.5 Å². The molecule has 0 unspecified atom stereocenters. The molecule has 2 aromatic rings. The lowest BCUT2D eigenvalue weighted by molar-refractivity contribution is -0.121. The summed E-state index contributed by atoms with van der Waals surface area (Å²) in [6.07, 6.45) is 1.07. The molecule has 0 fully saturated rings. The van der Waals surface area contributed by atoms with Crippen LogP contribution in [0.4, 0.5) is 0 Å². The maximum Gasteiger partial charge on any atom is 0.235 e. The van der Waals surface area contributed by atoms with E-state index >= 15 is 0 Å². The van der Waals surface area contributed by atoms with Crippen molar-refractivity contribution in [2.24, 2.45) is 0 Å². The molecule has 152 valence electrons. The molecule has 1 amide bonds. The minimum atomic E-state index is -3.57. The van der Waals surface area contributed by atoms with E-state index in [0.717, 1.165) is 21.7 Å². The summed E-state index contributed by atoms with van der Waals surface area (Å²) in [5.74, 6) is 0.729. The molecular weight excluding hydrogens is 404 g/mol. The normalized spacial score (nSPS) is 11.3. The topological polar surface area (TPSA) is 84.9 Å². The van der Waals surface area contributed by atoms with Crippen LogP contribution in [0.15, 0.2) is 42.5 Å². The highest BCUT2D eigenvalue weighted by molar-refractivity contribution is 7.88. The number of halogens is 1. The summed E-state index contributed by atoms with van der Waals surface area (Å²) in [7, 11) is -0.498. The summed E-state index contributed by atoms with van der Waals surface area (Å²) >= 11 is 5.85. The molecule has 0 spiro atoms. The Morgan fingerprint density at radius 2 is 1.64 bits per heavy atom. The fourth-order valence-electron chi connectivity index (χ4n) is 2.49. The number of nitrogens with one attached hydrogen (secondary N) is 1. The molecule has 0 atom stereocenters. The van der Waals surface area contributed by atoms with Crippen LogP contribution < -0.4 is 14.8 Å². The molecule has 0 aromatic heterocycles. The van der Waals surface area contributed by atoms with Crippen LogP contribution >= 0.6 is 11.6 Å². The number of nitrogens with zero attached hydrogens (tertiary/aromatic N) is 1. The van der Waals surface area contributed by atoms with E-state index in [0.29, 0.717) is 16.5 Å². The number of rotatable bonds is 9. The molecule has 28 heavy (non-hydrogen) atoms. The van der Waals surface area contributed by atoms with Gasteiger partial charge in [-0.2, -0.15) is 4.31 Å². The van der Waals surface area contributed by atoms with Gasteiger partial charge in [-0.1, -0.05) is 29.8 Å². The number of sulfonamides is 1. The van der Waals surface area contributed by atoms with Gasteiger partial charge in [-0.15, -0.1) is 0 Å². The van der Waals surface area contributed by atoms with Crippen LogP contribution in [-0.2, 0) is 27.9 Å². The average molecular weight is 427 g/mol. The summed E-state index contributed by atoms with van der Waals surface area (Å²) in [5.41, 5.74) is 1.54. The Balaban J connectivity index is 2.01. The molecule has 2 aromatic carbocycles. The molecule has 0 radical (unpaired) electrons. The maximum absolute atomic E-state index is 12.3. The summed E-state index contributed by atoms with van der Waals surface area (Å²) in [6, 6.07) is 12.1. The maximum atomic E-state index is 12.3. The number of benzene rings is 2. The van der Waals surface area contributed by atoms with Crippen molar-refractivity contribution in [1.82, 2.24) is 9.62 Å². The Kier molecular flexibility index (Phi) is 7.68. The van der Waals surface area contributed by atoms with Gasteiger partial charge < -0.3 is 14.8 Å². The summed E-state index contributed by atoms with van der Waals surface area (Å²) in [5, 5.41) is 3.28. The Labute approximate surface area is 170 Å². The van der Waals surface area contributed by atoms with Gasteiger partial charge in [0.15, 0.2) is 11.5 Å². The minimum absolute atomic E-state index is 0.0831. The predicted octanol–water partition coefficient (Wildman–Crippen LogP) is 2.44. The number of carbonyl (C=O) groups excluding carboxylic acids is 1. The Hall–Kier alpha value is -2.29. The Morgan fingerprint density at radius 3 is 2.21 bits per heavy atom. The first-order valence-corrected chi connectivity index (χ1v) is 10.6. The van der Waals surface area contributed by atoms with Gasteiger partial charge in [-0.25, -0.2) is 8.42 Å². The third-order valence-electron chi connectivity index (χ3n) is 4.00. The number of hydrogen-bond acceptors (Lipinski definition) is 5. The van der Waals surface area contributed by atoms with E-state index in [9.17, 15) is 13.2 Å². The number of hydrogen-bond donors (Lipinski definition) is 1. The number of methoxy groups -OCH3 is 2. The number of carbonyl (C=O) groups is 1. The van der Waals surface area contributed by atoms with Crippen LogP contribution in [0, 0.1) is 0 Å².